The number of ether oxygens (including phenoxy) is 1. The number of carboxylic acid groups (broad SMARTS) is 1. The number of anilines is 1. The first-order valence-electron chi connectivity index (χ1n) is 12.1. The molecule has 2 aromatic carbocycles. The maximum atomic E-state index is 13.1. The molecule has 0 unspecified atom stereocenters. The van der Waals surface area contributed by atoms with Crippen LogP contribution in [0.15, 0.2) is 48.5 Å². The van der Waals surface area contributed by atoms with Crippen LogP contribution in [-0.2, 0) is 12.7 Å². The van der Waals surface area contributed by atoms with Crippen LogP contribution in [0, 0.1) is 5.92 Å². The molecule has 0 saturated heterocycles. The molecule has 14 heteroatoms. The Kier molecular flexibility index (Phi) is 6.80. The van der Waals surface area contributed by atoms with Crippen molar-refractivity contribution in [2.24, 2.45) is 5.92 Å². The minimum absolute atomic E-state index is 0.00423. The van der Waals surface area contributed by atoms with E-state index in [4.69, 9.17) is 0 Å². The Labute approximate surface area is 222 Å². The van der Waals surface area contributed by atoms with Gasteiger partial charge in [0, 0.05) is 18.2 Å². The molecule has 5 rings (SSSR count). The van der Waals surface area contributed by atoms with E-state index in [1.165, 1.54) is 24.3 Å². The number of carboxylic acids is 1. The zero-order valence-electron chi connectivity index (χ0n) is 20.7. The van der Waals surface area contributed by atoms with Gasteiger partial charge in [0.25, 0.3) is 0 Å². The topological polar surface area (TPSA) is 102 Å². The largest absolute Gasteiger partial charge is 0.573 e. The van der Waals surface area contributed by atoms with Crippen LogP contribution in [0.25, 0.3) is 22.6 Å². The van der Waals surface area contributed by atoms with Crippen molar-refractivity contribution in [3.63, 3.8) is 0 Å². The maximum Gasteiger partial charge on any atom is 0.573 e. The number of halogens is 6. The van der Waals surface area contributed by atoms with E-state index in [1.807, 2.05) is 6.92 Å². The molecule has 1 fully saturated rings. The molecule has 2 aromatic heterocycles. The van der Waals surface area contributed by atoms with Crippen molar-refractivity contribution in [2.75, 3.05) is 5.32 Å². The Morgan fingerprint density at radius 2 is 1.68 bits per heavy atom. The van der Waals surface area contributed by atoms with Gasteiger partial charge in [0.05, 0.1) is 5.56 Å². The second-order valence-electron chi connectivity index (χ2n) is 9.43. The lowest BCUT2D eigenvalue weighted by Gasteiger charge is -2.17. The molecule has 1 atom stereocenters. The molecular formula is C26H21F6N5O3. The quantitative estimate of drug-likeness (QED) is 0.240. The Morgan fingerprint density at radius 1 is 1.02 bits per heavy atom. The molecule has 0 amide bonds. The molecule has 210 valence electrons. The number of nitrogens with one attached hydrogen (secondary N) is 1. The lowest BCUT2D eigenvalue weighted by atomic mass is 10.1. The highest BCUT2D eigenvalue weighted by Gasteiger charge is 2.32. The number of alkyl halides is 6. The highest BCUT2D eigenvalue weighted by molar-refractivity contribution is 5.92. The van der Waals surface area contributed by atoms with Crippen molar-refractivity contribution in [1.82, 2.24) is 19.5 Å². The van der Waals surface area contributed by atoms with Crippen LogP contribution < -0.4 is 10.1 Å². The van der Waals surface area contributed by atoms with Crippen molar-refractivity contribution in [1.29, 1.82) is 0 Å². The van der Waals surface area contributed by atoms with Crippen LogP contribution in [0.4, 0.5) is 32.2 Å². The van der Waals surface area contributed by atoms with E-state index in [2.05, 4.69) is 25.0 Å². The van der Waals surface area contributed by atoms with Gasteiger partial charge in [-0.1, -0.05) is 12.1 Å². The molecule has 1 saturated carbocycles. The second-order valence-corrected chi connectivity index (χ2v) is 9.43. The fourth-order valence-electron chi connectivity index (χ4n) is 4.32. The van der Waals surface area contributed by atoms with Gasteiger partial charge in [0.1, 0.15) is 17.1 Å². The van der Waals surface area contributed by atoms with Gasteiger partial charge in [-0.2, -0.15) is 13.2 Å². The minimum atomic E-state index is -4.89. The minimum Gasteiger partial charge on any atom is -0.475 e. The van der Waals surface area contributed by atoms with Crippen molar-refractivity contribution < 1.29 is 41.0 Å². The Morgan fingerprint density at radius 3 is 2.23 bits per heavy atom. The summed E-state index contributed by atoms with van der Waals surface area (Å²) in [6, 6.07) is 9.23. The van der Waals surface area contributed by atoms with Crippen LogP contribution in [-0.4, -0.2) is 43.0 Å². The first-order valence-corrected chi connectivity index (χ1v) is 12.1. The smallest absolute Gasteiger partial charge is 0.475 e. The van der Waals surface area contributed by atoms with Gasteiger partial charge in [-0.05, 0) is 67.6 Å². The number of aromatic carboxylic acids is 1. The number of aromatic nitrogens is 4. The Hall–Kier alpha value is -4.36. The average molecular weight is 565 g/mol. The number of benzene rings is 2. The van der Waals surface area contributed by atoms with Crippen molar-refractivity contribution in [3.8, 4) is 17.1 Å². The molecule has 2 heterocycles. The summed E-state index contributed by atoms with van der Waals surface area (Å²) in [6.45, 7) is 1.90. The van der Waals surface area contributed by atoms with Crippen LogP contribution in [0.3, 0.4) is 0 Å². The van der Waals surface area contributed by atoms with Gasteiger partial charge >= 0.3 is 18.5 Å². The fourth-order valence-corrected chi connectivity index (χ4v) is 4.32. The Bertz CT molecular complexity index is 1550. The first-order chi connectivity index (χ1) is 18.8. The van der Waals surface area contributed by atoms with Crippen molar-refractivity contribution >= 4 is 23.0 Å². The summed E-state index contributed by atoms with van der Waals surface area (Å²) in [6.07, 6.45) is -7.45. The van der Waals surface area contributed by atoms with Crippen LogP contribution >= 0.6 is 0 Å². The normalized spacial score (nSPS) is 14.8. The zero-order chi connectivity index (χ0) is 28.8. The van der Waals surface area contributed by atoms with Crippen molar-refractivity contribution in [3.05, 3.63) is 65.5 Å². The summed E-state index contributed by atoms with van der Waals surface area (Å²) >= 11 is 0. The molecule has 0 spiro atoms. The summed E-state index contributed by atoms with van der Waals surface area (Å²) in [5.41, 5.74) is 0.243. The summed E-state index contributed by atoms with van der Waals surface area (Å²) in [5.74, 6) is -1.66. The van der Waals surface area contributed by atoms with E-state index in [1.54, 1.807) is 4.57 Å². The molecule has 40 heavy (non-hydrogen) atoms. The SMILES string of the molecule is C[C@@H](Nc1nc(C(=O)O)nc2nc(-c3ccc(OC(F)(F)F)cc3)n(Cc3ccc(C(F)(F)F)cc3)c12)C1CC1. The molecule has 0 radical (unpaired) electrons. The third-order valence-electron chi connectivity index (χ3n) is 6.46. The van der Waals surface area contributed by atoms with E-state index >= 15 is 0 Å². The molecule has 0 aliphatic heterocycles. The highest BCUT2D eigenvalue weighted by Crippen LogP contribution is 2.36. The molecule has 2 N–H and O–H groups in total. The number of carbonyl (C=O) groups is 1. The maximum absolute atomic E-state index is 13.1. The van der Waals surface area contributed by atoms with E-state index in [-0.39, 0.29) is 29.9 Å². The number of fused-ring (bicyclic) bond motifs is 1. The second kappa shape index (κ2) is 9.99. The molecule has 8 nitrogen and oxygen atoms in total. The Balaban J connectivity index is 1.65. The first kappa shape index (κ1) is 27.2. The monoisotopic (exact) mass is 565 g/mol. The lowest BCUT2D eigenvalue weighted by molar-refractivity contribution is -0.274. The number of imidazole rings is 1. The van der Waals surface area contributed by atoms with Crippen LogP contribution in [0.5, 0.6) is 5.75 Å². The third kappa shape index (κ3) is 5.95. The number of rotatable bonds is 8. The van der Waals surface area contributed by atoms with Crippen molar-refractivity contribution in [2.45, 2.75) is 44.9 Å². The van der Waals surface area contributed by atoms with Gasteiger partial charge < -0.3 is 19.7 Å². The molecule has 4 aromatic rings. The van der Waals surface area contributed by atoms with E-state index in [0.29, 0.717) is 22.6 Å². The summed E-state index contributed by atoms with van der Waals surface area (Å²) < 4.78 is 82.8. The molecular weight excluding hydrogens is 544 g/mol. The number of nitrogens with zero attached hydrogens (tertiary/aromatic N) is 4. The standard InChI is InChI=1S/C26H21F6N5O3/c1-13(15-4-5-15)33-20-19-21(35-22(34-20)24(38)39)36-23(16-6-10-18(11-7-16)40-26(30,31)32)37(19)12-14-2-8-17(9-3-14)25(27,28)29/h2-3,6-11,13,15H,4-5,12H2,1H3,(H,38,39)(H,33,34,35)/t13-/m1/s1. The molecule has 1 aliphatic rings. The third-order valence-corrected chi connectivity index (χ3v) is 6.46. The molecule has 0 bridgehead atoms. The van der Waals surface area contributed by atoms with E-state index in [0.717, 1.165) is 37.1 Å². The van der Waals surface area contributed by atoms with Gasteiger partial charge in [-0.25, -0.2) is 19.7 Å². The van der Waals surface area contributed by atoms with Crippen LogP contribution in [0.2, 0.25) is 0 Å². The average Bonchev–Trinajstić information content (AvgIpc) is 3.66. The van der Waals surface area contributed by atoms with E-state index < -0.39 is 35.6 Å². The van der Waals surface area contributed by atoms with E-state index in [9.17, 15) is 36.2 Å². The zero-order valence-corrected chi connectivity index (χ0v) is 20.7. The summed E-state index contributed by atoms with van der Waals surface area (Å²) in [4.78, 5) is 24.5. The summed E-state index contributed by atoms with van der Waals surface area (Å²) in [5, 5.41) is 12.8. The van der Waals surface area contributed by atoms with Crippen LogP contribution in [0.1, 0.15) is 41.5 Å². The van der Waals surface area contributed by atoms with Gasteiger partial charge in [0.15, 0.2) is 11.5 Å². The lowest BCUT2D eigenvalue weighted by Crippen LogP contribution is -2.20. The predicted octanol–water partition coefficient (Wildman–Crippen LogP) is 6.37. The fraction of sp³-hybridized carbons (Fsp3) is 0.308. The number of hydrogen-bond acceptors (Lipinski definition) is 6. The summed E-state index contributed by atoms with van der Waals surface area (Å²) in [7, 11) is 0. The van der Waals surface area contributed by atoms with Gasteiger partial charge in [-0.15, -0.1) is 13.2 Å². The van der Waals surface area contributed by atoms with Gasteiger partial charge in [-0.3, -0.25) is 0 Å². The highest BCUT2D eigenvalue weighted by atomic mass is 19.4. The predicted molar refractivity (Wildman–Crippen MR) is 131 cm³/mol. The van der Waals surface area contributed by atoms with Gasteiger partial charge in [0.2, 0.25) is 5.82 Å². The molecule has 1 aliphatic carbocycles. The number of hydrogen-bond donors (Lipinski definition) is 2.